The summed E-state index contributed by atoms with van der Waals surface area (Å²) in [5, 5.41) is 8.02. The van der Waals surface area contributed by atoms with Gasteiger partial charge in [0.05, 0.1) is 6.04 Å². The monoisotopic (exact) mass is 568 g/mol. The zero-order valence-corrected chi connectivity index (χ0v) is 23.4. The van der Waals surface area contributed by atoms with Crippen molar-refractivity contribution in [3.63, 3.8) is 0 Å². The fourth-order valence-electron chi connectivity index (χ4n) is 5.72. The van der Waals surface area contributed by atoms with E-state index in [0.717, 1.165) is 32.1 Å². The molecule has 210 valence electrons. The number of amides is 4. The number of nitrogens with zero attached hydrogens (tertiary/aromatic N) is 1. The van der Waals surface area contributed by atoms with Gasteiger partial charge in [0.25, 0.3) is 5.91 Å². The van der Waals surface area contributed by atoms with Crippen LogP contribution in [-0.2, 0) is 24.0 Å². The lowest BCUT2D eigenvalue weighted by molar-refractivity contribution is -0.145. The highest BCUT2D eigenvalue weighted by atomic mass is 35.5. The van der Waals surface area contributed by atoms with E-state index in [-0.39, 0.29) is 43.2 Å². The highest BCUT2D eigenvalue weighted by molar-refractivity contribution is 6.51. The summed E-state index contributed by atoms with van der Waals surface area (Å²) in [6.07, 6.45) is 8.90. The molecule has 0 aromatic rings. The molecule has 1 heterocycles. The number of rotatable bonds is 13. The number of Topliss-reactive ketones (excluding diaryl/α,β-unsaturated/α-hetero) is 1. The Bertz CT molecular complexity index is 965. The van der Waals surface area contributed by atoms with E-state index < -0.39 is 46.0 Å². The first-order valence-corrected chi connectivity index (χ1v) is 14.1. The second kappa shape index (κ2) is 13.1. The third-order valence-corrected chi connectivity index (χ3v) is 8.85. The molecular weight excluding hydrogens is 531 g/mol. The molecule has 9 nitrogen and oxygen atoms in total. The summed E-state index contributed by atoms with van der Waals surface area (Å²) in [5.41, 5.74) is 0. The van der Waals surface area contributed by atoms with Gasteiger partial charge in [-0.05, 0) is 38.0 Å². The number of hydrogen-bond acceptors (Lipinski definition) is 5. The smallest absolute Gasteiger partial charge is 0.289 e. The van der Waals surface area contributed by atoms with E-state index in [9.17, 15) is 24.0 Å². The molecule has 38 heavy (non-hydrogen) atoms. The molecule has 3 rings (SSSR count). The van der Waals surface area contributed by atoms with Crippen molar-refractivity contribution in [2.24, 2.45) is 17.8 Å². The van der Waals surface area contributed by atoms with Crippen molar-refractivity contribution in [1.29, 1.82) is 0 Å². The van der Waals surface area contributed by atoms with E-state index >= 15 is 0 Å². The Hall–Kier alpha value is -2.39. The number of carbonyl (C=O) groups excluding carboxylic acids is 5. The SMILES string of the molecule is C=CCCNC(=O)C(=O)C(CCC=C)NC(=O)[C@@H]1[C@@H]2[C@H](CN1C(=O)[C@@H](NC(C)=O)C1CCCCC1)C2(Cl)Cl. The molecule has 0 aromatic heterocycles. The number of ketones is 1. The van der Waals surface area contributed by atoms with Crippen LogP contribution in [-0.4, -0.2) is 69.9 Å². The van der Waals surface area contributed by atoms with Crippen LogP contribution in [0, 0.1) is 17.8 Å². The van der Waals surface area contributed by atoms with E-state index in [1.54, 1.807) is 12.2 Å². The average Bonchev–Trinajstić information content (AvgIpc) is 3.21. The van der Waals surface area contributed by atoms with Gasteiger partial charge in [-0.2, -0.15) is 0 Å². The number of fused-ring (bicyclic) bond motifs is 1. The zero-order chi connectivity index (χ0) is 28.0. The van der Waals surface area contributed by atoms with E-state index in [4.69, 9.17) is 23.2 Å². The maximum atomic E-state index is 13.8. The Balaban J connectivity index is 1.80. The molecule has 3 N–H and O–H groups in total. The first-order valence-electron chi connectivity index (χ1n) is 13.3. The number of allylic oxidation sites excluding steroid dienone is 1. The van der Waals surface area contributed by atoms with Crippen molar-refractivity contribution in [1.82, 2.24) is 20.9 Å². The van der Waals surface area contributed by atoms with Crippen LogP contribution in [0.4, 0.5) is 0 Å². The van der Waals surface area contributed by atoms with Gasteiger partial charge in [-0.3, -0.25) is 24.0 Å². The highest BCUT2D eigenvalue weighted by Crippen LogP contribution is 2.65. The van der Waals surface area contributed by atoms with Crippen molar-refractivity contribution in [2.75, 3.05) is 13.1 Å². The van der Waals surface area contributed by atoms with Gasteiger partial charge in [-0.25, -0.2) is 0 Å². The van der Waals surface area contributed by atoms with Crippen molar-refractivity contribution in [2.45, 2.75) is 80.7 Å². The number of likely N-dealkylation sites (tertiary alicyclic amines) is 1. The van der Waals surface area contributed by atoms with Crippen LogP contribution >= 0.6 is 23.2 Å². The number of carbonyl (C=O) groups is 5. The van der Waals surface area contributed by atoms with Crippen LogP contribution in [0.5, 0.6) is 0 Å². The van der Waals surface area contributed by atoms with Crippen molar-refractivity contribution < 1.29 is 24.0 Å². The van der Waals surface area contributed by atoms with Crippen LogP contribution in [0.1, 0.15) is 58.3 Å². The lowest BCUT2D eigenvalue weighted by Crippen LogP contribution is -2.59. The van der Waals surface area contributed by atoms with Crippen molar-refractivity contribution >= 4 is 52.6 Å². The first kappa shape index (κ1) is 30.2. The van der Waals surface area contributed by atoms with Gasteiger partial charge in [-0.1, -0.05) is 31.4 Å². The lowest BCUT2D eigenvalue weighted by Gasteiger charge is -2.36. The summed E-state index contributed by atoms with van der Waals surface area (Å²) in [6.45, 7) is 9.03. The second-order valence-electron chi connectivity index (χ2n) is 10.4. The molecule has 0 radical (unpaired) electrons. The van der Waals surface area contributed by atoms with E-state index in [1.165, 1.54) is 11.8 Å². The minimum Gasteiger partial charge on any atom is -0.349 e. The summed E-state index contributed by atoms with van der Waals surface area (Å²) in [7, 11) is 0. The fourth-order valence-corrected chi connectivity index (χ4v) is 6.55. The van der Waals surface area contributed by atoms with Gasteiger partial charge in [0.1, 0.15) is 16.4 Å². The van der Waals surface area contributed by atoms with Gasteiger partial charge in [0, 0.05) is 31.8 Å². The minimum atomic E-state index is -1.17. The standard InChI is InChI=1S/C27H38Cl2N4O5/c1-4-6-13-19(23(35)25(37)30-14-7-5-2)32-24(36)22-20-18(27(20,28)29)15-33(22)26(38)21(31-16(3)34)17-11-9-8-10-12-17/h4-5,17-22H,1-2,6-15H2,3H3,(H,30,37)(H,31,34)(H,32,36)/t18-,19?,20-,21-,22-/m0/s1. The molecule has 2 saturated carbocycles. The molecule has 3 fully saturated rings. The number of alkyl halides is 2. The lowest BCUT2D eigenvalue weighted by atomic mass is 9.83. The Kier molecular flexibility index (Phi) is 10.4. The number of halogens is 2. The van der Waals surface area contributed by atoms with Crippen molar-refractivity contribution in [3.8, 4) is 0 Å². The molecule has 0 bridgehead atoms. The summed E-state index contributed by atoms with van der Waals surface area (Å²) in [5.74, 6) is -3.71. The predicted molar refractivity (Wildman–Crippen MR) is 145 cm³/mol. The molecular formula is C27H38Cl2N4O5. The number of piperidine rings is 1. The molecule has 0 spiro atoms. The van der Waals surface area contributed by atoms with E-state index in [0.29, 0.717) is 12.8 Å². The largest absolute Gasteiger partial charge is 0.349 e. The van der Waals surface area contributed by atoms with Gasteiger partial charge >= 0.3 is 0 Å². The first-order chi connectivity index (χ1) is 18.0. The van der Waals surface area contributed by atoms with Gasteiger partial charge in [-0.15, -0.1) is 36.4 Å². The molecule has 0 aromatic carbocycles. The van der Waals surface area contributed by atoms with Crippen LogP contribution in [0.3, 0.4) is 0 Å². The molecule has 1 aliphatic heterocycles. The highest BCUT2D eigenvalue weighted by Gasteiger charge is 2.74. The predicted octanol–water partition coefficient (Wildman–Crippen LogP) is 2.41. The Morgan fingerprint density at radius 3 is 2.29 bits per heavy atom. The second-order valence-corrected chi connectivity index (χ2v) is 11.9. The summed E-state index contributed by atoms with van der Waals surface area (Å²) < 4.78 is -1.17. The minimum absolute atomic E-state index is 0.0290. The summed E-state index contributed by atoms with van der Waals surface area (Å²) in [4.78, 5) is 66.2. The molecule has 3 aliphatic rings. The molecule has 4 amide bonds. The Morgan fingerprint density at radius 2 is 1.68 bits per heavy atom. The topological polar surface area (TPSA) is 125 Å². The number of nitrogens with one attached hydrogen (secondary N) is 3. The van der Waals surface area contributed by atoms with Gasteiger partial charge in [0.2, 0.25) is 23.5 Å². The van der Waals surface area contributed by atoms with Crippen LogP contribution in [0.2, 0.25) is 0 Å². The normalized spacial score (nSPS) is 25.3. The molecule has 11 heteroatoms. The number of hydrogen-bond donors (Lipinski definition) is 3. The molecule has 1 unspecified atom stereocenters. The summed E-state index contributed by atoms with van der Waals surface area (Å²) in [6, 6.07) is -2.89. The van der Waals surface area contributed by atoms with Crippen LogP contribution in [0.25, 0.3) is 0 Å². The molecule has 2 aliphatic carbocycles. The van der Waals surface area contributed by atoms with Crippen LogP contribution < -0.4 is 16.0 Å². The fraction of sp³-hybridized carbons (Fsp3) is 0.667. The van der Waals surface area contributed by atoms with E-state index in [1.807, 2.05) is 0 Å². The van der Waals surface area contributed by atoms with E-state index in [2.05, 4.69) is 29.1 Å². The van der Waals surface area contributed by atoms with Gasteiger partial charge in [0.15, 0.2) is 0 Å². The molecule has 1 saturated heterocycles. The molecule has 5 atom stereocenters. The third-order valence-electron chi connectivity index (χ3n) is 7.78. The zero-order valence-electron chi connectivity index (χ0n) is 21.8. The van der Waals surface area contributed by atoms with Crippen molar-refractivity contribution in [3.05, 3.63) is 25.3 Å². The maximum absolute atomic E-state index is 13.8. The van der Waals surface area contributed by atoms with Crippen LogP contribution in [0.15, 0.2) is 25.3 Å². The summed E-state index contributed by atoms with van der Waals surface area (Å²) >= 11 is 12.9. The third kappa shape index (κ3) is 6.78. The van der Waals surface area contributed by atoms with Gasteiger partial charge < -0.3 is 20.9 Å². The quantitative estimate of drug-likeness (QED) is 0.136. The Morgan fingerprint density at radius 1 is 1.03 bits per heavy atom. The Labute approximate surface area is 234 Å². The average molecular weight is 570 g/mol. The maximum Gasteiger partial charge on any atom is 0.289 e.